The first-order valence-corrected chi connectivity index (χ1v) is 8.10. The van der Waals surface area contributed by atoms with Gasteiger partial charge < -0.3 is 16.2 Å². The number of carbonyl (C=O) groups is 3. The third kappa shape index (κ3) is 3.70. The van der Waals surface area contributed by atoms with Crippen LogP contribution in [0.15, 0.2) is 40.9 Å². The van der Waals surface area contributed by atoms with E-state index in [1.54, 1.807) is 4.72 Å². The molecule has 0 saturated heterocycles. The van der Waals surface area contributed by atoms with Crippen LogP contribution in [0.4, 0.5) is 10.5 Å². The van der Waals surface area contributed by atoms with Crippen LogP contribution in [0.2, 0.25) is 0 Å². The van der Waals surface area contributed by atoms with Gasteiger partial charge in [0, 0.05) is 11.8 Å². The molecule has 0 aromatic heterocycles. The average molecular weight is 354 g/mol. The van der Waals surface area contributed by atoms with E-state index >= 15 is 0 Å². The highest BCUT2D eigenvalue weighted by molar-refractivity contribution is 7.90. The summed E-state index contributed by atoms with van der Waals surface area (Å²) < 4.78 is 25.1. The van der Waals surface area contributed by atoms with Gasteiger partial charge in [0.25, 0.3) is 21.8 Å². The van der Waals surface area contributed by atoms with Crippen molar-refractivity contribution in [2.75, 3.05) is 18.5 Å². The Hall–Kier alpha value is -2.92. The minimum Gasteiger partial charge on any atom is -0.395 e. The predicted octanol–water partition coefficient (Wildman–Crippen LogP) is -1.30. The van der Waals surface area contributed by atoms with Gasteiger partial charge in [-0.2, -0.15) is 0 Å². The first-order valence-electron chi connectivity index (χ1n) is 6.62. The van der Waals surface area contributed by atoms with Crippen molar-refractivity contribution in [1.82, 2.24) is 9.62 Å². The van der Waals surface area contributed by atoms with Crippen molar-refractivity contribution in [3.63, 3.8) is 0 Å². The maximum Gasteiger partial charge on any atom is 0.326 e. The number of nitrogens with two attached hydrogens (primary N) is 1. The van der Waals surface area contributed by atoms with E-state index in [0.717, 1.165) is 11.0 Å². The molecule has 11 heteroatoms. The topological polar surface area (TPSA) is 159 Å². The van der Waals surface area contributed by atoms with Crippen LogP contribution in [-0.4, -0.2) is 49.4 Å². The number of urea groups is 1. The van der Waals surface area contributed by atoms with Gasteiger partial charge in [0.2, 0.25) is 0 Å². The van der Waals surface area contributed by atoms with E-state index in [-0.39, 0.29) is 23.7 Å². The van der Waals surface area contributed by atoms with E-state index < -0.39 is 27.9 Å². The van der Waals surface area contributed by atoms with Crippen LogP contribution in [0.25, 0.3) is 0 Å². The Labute approximate surface area is 137 Å². The lowest BCUT2D eigenvalue weighted by Gasteiger charge is -2.13. The summed E-state index contributed by atoms with van der Waals surface area (Å²) in [6.07, 6.45) is 1.08. The van der Waals surface area contributed by atoms with Gasteiger partial charge in [0.1, 0.15) is 5.70 Å². The molecular weight excluding hydrogens is 340 g/mol. The number of benzene rings is 1. The van der Waals surface area contributed by atoms with Crippen molar-refractivity contribution in [2.24, 2.45) is 5.73 Å². The molecule has 1 aromatic carbocycles. The van der Waals surface area contributed by atoms with Gasteiger partial charge in [0.05, 0.1) is 18.0 Å². The summed E-state index contributed by atoms with van der Waals surface area (Å²) in [7, 11) is -4.06. The average Bonchev–Trinajstić information content (AvgIpc) is 2.74. The lowest BCUT2D eigenvalue weighted by atomic mass is 10.3. The number of aliphatic hydroxyl groups excluding tert-OH is 1. The van der Waals surface area contributed by atoms with E-state index in [0.29, 0.717) is 5.69 Å². The van der Waals surface area contributed by atoms with Crippen LogP contribution in [0.3, 0.4) is 0 Å². The van der Waals surface area contributed by atoms with Crippen molar-refractivity contribution in [2.45, 2.75) is 4.90 Å². The molecule has 1 aromatic rings. The van der Waals surface area contributed by atoms with Gasteiger partial charge >= 0.3 is 6.03 Å². The summed E-state index contributed by atoms with van der Waals surface area (Å²) in [5.74, 6) is -1.15. The number of carbonyl (C=O) groups excluding carboxylic acids is 3. The molecule has 0 unspecified atom stereocenters. The molecule has 24 heavy (non-hydrogen) atoms. The SMILES string of the molecule is NC(=O)NS(=O)(=O)c1ccc(NC2=CC(=O)N(CCO)C2=O)cc1. The molecule has 0 spiro atoms. The Kier molecular flexibility index (Phi) is 4.85. The maximum atomic E-state index is 12.0. The fourth-order valence-corrected chi connectivity index (χ4v) is 2.85. The molecular formula is C13H14N4O6S. The number of hydrogen-bond donors (Lipinski definition) is 4. The van der Waals surface area contributed by atoms with E-state index in [2.05, 4.69) is 5.32 Å². The maximum absolute atomic E-state index is 12.0. The highest BCUT2D eigenvalue weighted by atomic mass is 32.2. The van der Waals surface area contributed by atoms with E-state index in [1.807, 2.05) is 0 Å². The lowest BCUT2D eigenvalue weighted by Crippen LogP contribution is -2.35. The second-order valence-corrected chi connectivity index (χ2v) is 6.38. The van der Waals surface area contributed by atoms with E-state index in [9.17, 15) is 22.8 Å². The van der Waals surface area contributed by atoms with Crippen molar-refractivity contribution in [3.05, 3.63) is 36.0 Å². The van der Waals surface area contributed by atoms with E-state index in [1.165, 1.54) is 24.3 Å². The molecule has 5 N–H and O–H groups in total. The van der Waals surface area contributed by atoms with Gasteiger partial charge in [-0.05, 0) is 24.3 Å². The Morgan fingerprint density at radius 3 is 2.38 bits per heavy atom. The van der Waals surface area contributed by atoms with Crippen molar-refractivity contribution >= 4 is 33.6 Å². The van der Waals surface area contributed by atoms with Crippen LogP contribution in [-0.2, 0) is 19.6 Å². The van der Waals surface area contributed by atoms with Gasteiger partial charge in [-0.3, -0.25) is 14.5 Å². The molecule has 0 fully saturated rings. The second-order valence-electron chi connectivity index (χ2n) is 4.70. The summed E-state index contributed by atoms with van der Waals surface area (Å²) in [5.41, 5.74) is 5.13. The zero-order chi connectivity index (χ0) is 17.9. The number of rotatable bonds is 6. The summed E-state index contributed by atoms with van der Waals surface area (Å²) in [4.78, 5) is 34.9. The third-order valence-corrected chi connectivity index (χ3v) is 4.37. The Morgan fingerprint density at radius 1 is 1.21 bits per heavy atom. The molecule has 0 saturated carbocycles. The molecule has 0 aliphatic carbocycles. The van der Waals surface area contributed by atoms with Crippen molar-refractivity contribution in [3.8, 4) is 0 Å². The van der Waals surface area contributed by atoms with Crippen molar-refractivity contribution in [1.29, 1.82) is 0 Å². The summed E-state index contributed by atoms with van der Waals surface area (Å²) in [6.45, 7) is -0.465. The first-order chi connectivity index (χ1) is 11.2. The van der Waals surface area contributed by atoms with Crippen LogP contribution >= 0.6 is 0 Å². The normalized spacial score (nSPS) is 14.5. The monoisotopic (exact) mass is 354 g/mol. The number of anilines is 1. The number of imide groups is 1. The smallest absolute Gasteiger partial charge is 0.326 e. The molecule has 10 nitrogen and oxygen atoms in total. The summed E-state index contributed by atoms with van der Waals surface area (Å²) >= 11 is 0. The lowest BCUT2D eigenvalue weighted by molar-refractivity contribution is -0.137. The number of nitrogens with one attached hydrogen (secondary N) is 2. The zero-order valence-electron chi connectivity index (χ0n) is 12.2. The van der Waals surface area contributed by atoms with E-state index in [4.69, 9.17) is 10.8 Å². The molecule has 4 amide bonds. The standard InChI is InChI=1S/C13H14N4O6S/c14-13(21)16-24(22,23)9-3-1-8(2-4-9)15-10-7-11(19)17(5-6-18)12(10)20/h1-4,7,15,18H,5-6H2,(H3,14,16,21). The predicted molar refractivity (Wildman–Crippen MR) is 81.9 cm³/mol. The summed E-state index contributed by atoms with van der Waals surface area (Å²) in [5, 5.41) is 11.5. The number of hydrogen-bond acceptors (Lipinski definition) is 7. The largest absolute Gasteiger partial charge is 0.395 e. The number of sulfonamides is 1. The highest BCUT2D eigenvalue weighted by Crippen LogP contribution is 2.19. The van der Waals surface area contributed by atoms with Crippen LogP contribution in [0.5, 0.6) is 0 Å². The Morgan fingerprint density at radius 2 is 1.83 bits per heavy atom. The molecule has 0 atom stereocenters. The van der Waals surface area contributed by atoms with Crippen LogP contribution in [0, 0.1) is 0 Å². The highest BCUT2D eigenvalue weighted by Gasteiger charge is 2.30. The summed E-state index contributed by atoms with van der Waals surface area (Å²) in [6, 6.07) is 3.88. The molecule has 1 aliphatic heterocycles. The number of primary amides is 1. The van der Waals surface area contributed by atoms with Gasteiger partial charge in [-0.25, -0.2) is 17.9 Å². The Balaban J connectivity index is 2.13. The van der Waals surface area contributed by atoms with Crippen LogP contribution in [0.1, 0.15) is 0 Å². The minimum absolute atomic E-state index is 0.000631. The number of aliphatic hydroxyl groups is 1. The molecule has 0 radical (unpaired) electrons. The number of nitrogens with zero attached hydrogens (tertiary/aromatic N) is 1. The molecule has 128 valence electrons. The molecule has 1 heterocycles. The van der Waals surface area contributed by atoms with Crippen LogP contribution < -0.4 is 15.8 Å². The number of β-amino-alcohol motifs (C(OH)–C–C–N with tert-alkyl or cyclic N) is 1. The fourth-order valence-electron chi connectivity index (χ4n) is 1.97. The second kappa shape index (κ2) is 6.68. The number of amides is 4. The fraction of sp³-hybridized carbons (Fsp3) is 0.154. The molecule has 2 rings (SSSR count). The Bertz CT molecular complexity index is 815. The van der Waals surface area contributed by atoms with Gasteiger partial charge in [-0.15, -0.1) is 0 Å². The van der Waals surface area contributed by atoms with Crippen molar-refractivity contribution < 1.29 is 27.9 Å². The molecule has 1 aliphatic rings. The van der Waals surface area contributed by atoms with Gasteiger partial charge in [-0.1, -0.05) is 0 Å². The first kappa shape index (κ1) is 17.4. The zero-order valence-corrected chi connectivity index (χ0v) is 13.0. The van der Waals surface area contributed by atoms with Gasteiger partial charge in [0.15, 0.2) is 0 Å². The third-order valence-electron chi connectivity index (χ3n) is 3.01. The minimum atomic E-state index is -4.06. The quantitative estimate of drug-likeness (QED) is 0.462. The molecule has 0 bridgehead atoms.